The molecule has 0 aliphatic rings. The number of hydrogen-bond donors (Lipinski definition) is 0. The number of rotatable bonds is 4. The molecular formula is C15H14BrFO. The molecule has 3 heteroatoms. The van der Waals surface area contributed by atoms with E-state index in [1.165, 1.54) is 0 Å². The minimum atomic E-state index is -0.499. The average Bonchev–Trinajstić information content (AvgIpc) is 2.46. The van der Waals surface area contributed by atoms with Gasteiger partial charge in [-0.2, -0.15) is 0 Å². The fraction of sp³-hybridized carbons (Fsp3) is 0.200. The maximum atomic E-state index is 13.1. The Morgan fingerprint density at radius 2 is 1.89 bits per heavy atom. The van der Waals surface area contributed by atoms with Crippen molar-refractivity contribution in [2.75, 3.05) is 7.11 Å². The molecule has 1 nitrogen and oxygen atoms in total. The van der Waals surface area contributed by atoms with Crippen molar-refractivity contribution in [2.24, 2.45) is 0 Å². The van der Waals surface area contributed by atoms with Gasteiger partial charge in [-0.3, -0.25) is 0 Å². The SMILES string of the molecule is COc1ccc(C(Br)c2ccccc2)c(CF)c1. The van der Waals surface area contributed by atoms with Crippen LogP contribution in [0.1, 0.15) is 21.5 Å². The van der Waals surface area contributed by atoms with Gasteiger partial charge in [-0.25, -0.2) is 4.39 Å². The highest BCUT2D eigenvalue weighted by atomic mass is 79.9. The standard InChI is InChI=1S/C15H14BrFO/c1-18-13-7-8-14(12(9-13)10-17)15(16)11-5-3-2-4-6-11/h2-9,15H,10H2,1H3. The number of benzene rings is 2. The number of methoxy groups -OCH3 is 1. The van der Waals surface area contributed by atoms with Gasteiger partial charge in [-0.1, -0.05) is 52.3 Å². The van der Waals surface area contributed by atoms with Crippen molar-refractivity contribution in [3.8, 4) is 5.75 Å². The Bertz CT molecular complexity index is 513. The quantitative estimate of drug-likeness (QED) is 0.747. The van der Waals surface area contributed by atoms with Gasteiger partial charge in [0.1, 0.15) is 12.4 Å². The summed E-state index contributed by atoms with van der Waals surface area (Å²) in [6.07, 6.45) is 0. The van der Waals surface area contributed by atoms with Crippen molar-refractivity contribution in [3.05, 3.63) is 65.2 Å². The first kappa shape index (κ1) is 13.1. The Morgan fingerprint density at radius 3 is 2.50 bits per heavy atom. The van der Waals surface area contributed by atoms with Crippen LogP contribution in [0.2, 0.25) is 0 Å². The van der Waals surface area contributed by atoms with Gasteiger partial charge in [0.05, 0.1) is 11.9 Å². The van der Waals surface area contributed by atoms with E-state index in [-0.39, 0.29) is 4.83 Å². The number of hydrogen-bond acceptors (Lipinski definition) is 1. The highest BCUT2D eigenvalue weighted by Gasteiger charge is 2.14. The molecule has 94 valence electrons. The zero-order valence-electron chi connectivity index (χ0n) is 10.1. The Labute approximate surface area is 115 Å². The van der Waals surface area contributed by atoms with Crippen molar-refractivity contribution in [1.29, 1.82) is 0 Å². The van der Waals surface area contributed by atoms with Gasteiger partial charge in [0.2, 0.25) is 0 Å². The molecule has 0 heterocycles. The first-order valence-corrected chi connectivity index (χ1v) is 6.59. The van der Waals surface area contributed by atoms with Crippen LogP contribution in [0.5, 0.6) is 5.75 Å². The Balaban J connectivity index is 2.38. The maximum Gasteiger partial charge on any atom is 0.119 e. The molecule has 0 bridgehead atoms. The van der Waals surface area contributed by atoms with Gasteiger partial charge < -0.3 is 4.74 Å². The molecule has 0 aliphatic carbocycles. The second-order valence-corrected chi connectivity index (χ2v) is 4.89. The summed E-state index contributed by atoms with van der Waals surface area (Å²) in [5.74, 6) is 0.680. The van der Waals surface area contributed by atoms with Crippen LogP contribution < -0.4 is 4.74 Å². The van der Waals surface area contributed by atoms with Crippen molar-refractivity contribution in [3.63, 3.8) is 0 Å². The molecule has 2 aromatic rings. The van der Waals surface area contributed by atoms with Crippen molar-refractivity contribution < 1.29 is 9.13 Å². The summed E-state index contributed by atoms with van der Waals surface area (Å²) in [6, 6.07) is 15.5. The van der Waals surface area contributed by atoms with Crippen molar-refractivity contribution in [2.45, 2.75) is 11.5 Å². The summed E-state index contributed by atoms with van der Waals surface area (Å²) in [5.41, 5.74) is 2.70. The molecule has 1 unspecified atom stereocenters. The van der Waals surface area contributed by atoms with Crippen LogP contribution in [0, 0.1) is 0 Å². The monoisotopic (exact) mass is 308 g/mol. The lowest BCUT2D eigenvalue weighted by Crippen LogP contribution is -1.98. The minimum absolute atomic E-state index is 0.00430. The summed E-state index contributed by atoms with van der Waals surface area (Å²) in [5, 5.41) is 0. The van der Waals surface area contributed by atoms with E-state index in [2.05, 4.69) is 15.9 Å². The van der Waals surface area contributed by atoms with E-state index in [4.69, 9.17) is 4.74 Å². The Morgan fingerprint density at radius 1 is 1.17 bits per heavy atom. The second kappa shape index (κ2) is 6.01. The molecule has 0 spiro atoms. The van der Waals surface area contributed by atoms with Crippen molar-refractivity contribution >= 4 is 15.9 Å². The van der Waals surface area contributed by atoms with Crippen LogP contribution in [0.3, 0.4) is 0 Å². The van der Waals surface area contributed by atoms with E-state index in [1.807, 2.05) is 42.5 Å². The van der Waals surface area contributed by atoms with Gasteiger partial charge in [-0.05, 0) is 28.8 Å². The van der Waals surface area contributed by atoms with Crippen LogP contribution in [-0.2, 0) is 6.67 Å². The van der Waals surface area contributed by atoms with Gasteiger partial charge >= 0.3 is 0 Å². The van der Waals surface area contributed by atoms with Gasteiger partial charge in [0, 0.05) is 0 Å². The minimum Gasteiger partial charge on any atom is -0.497 e. The normalized spacial score (nSPS) is 12.2. The smallest absolute Gasteiger partial charge is 0.119 e. The number of ether oxygens (including phenoxy) is 1. The maximum absolute atomic E-state index is 13.1. The summed E-state index contributed by atoms with van der Waals surface area (Å²) in [7, 11) is 1.58. The van der Waals surface area contributed by atoms with E-state index in [1.54, 1.807) is 13.2 Å². The number of alkyl halides is 2. The van der Waals surface area contributed by atoms with E-state index >= 15 is 0 Å². The largest absolute Gasteiger partial charge is 0.497 e. The van der Waals surface area contributed by atoms with Crippen LogP contribution >= 0.6 is 15.9 Å². The third-order valence-corrected chi connectivity index (χ3v) is 3.88. The molecule has 0 aliphatic heterocycles. The molecule has 0 aromatic heterocycles. The summed E-state index contributed by atoms with van der Waals surface area (Å²) < 4.78 is 18.2. The summed E-state index contributed by atoms with van der Waals surface area (Å²) >= 11 is 3.62. The molecule has 2 rings (SSSR count). The van der Waals surface area contributed by atoms with Crippen LogP contribution in [0.25, 0.3) is 0 Å². The van der Waals surface area contributed by atoms with E-state index < -0.39 is 6.67 Å². The van der Waals surface area contributed by atoms with E-state index in [0.29, 0.717) is 11.3 Å². The molecule has 18 heavy (non-hydrogen) atoms. The van der Waals surface area contributed by atoms with Crippen LogP contribution in [0.15, 0.2) is 48.5 Å². The lowest BCUT2D eigenvalue weighted by atomic mass is 10.00. The van der Waals surface area contributed by atoms with Gasteiger partial charge in [-0.15, -0.1) is 0 Å². The lowest BCUT2D eigenvalue weighted by Gasteiger charge is -2.15. The summed E-state index contributed by atoms with van der Waals surface area (Å²) in [6.45, 7) is -0.499. The van der Waals surface area contributed by atoms with Crippen LogP contribution in [0.4, 0.5) is 4.39 Å². The van der Waals surface area contributed by atoms with Gasteiger partial charge in [0.25, 0.3) is 0 Å². The highest BCUT2D eigenvalue weighted by molar-refractivity contribution is 9.09. The lowest BCUT2D eigenvalue weighted by molar-refractivity contribution is 0.411. The highest BCUT2D eigenvalue weighted by Crippen LogP contribution is 2.34. The first-order chi connectivity index (χ1) is 8.76. The third-order valence-electron chi connectivity index (χ3n) is 2.86. The molecule has 0 radical (unpaired) electrons. The zero-order valence-corrected chi connectivity index (χ0v) is 11.7. The van der Waals surface area contributed by atoms with Crippen LogP contribution in [-0.4, -0.2) is 7.11 Å². The molecule has 0 amide bonds. The molecule has 0 saturated carbocycles. The zero-order chi connectivity index (χ0) is 13.0. The molecule has 2 aromatic carbocycles. The first-order valence-electron chi connectivity index (χ1n) is 5.68. The predicted molar refractivity (Wildman–Crippen MR) is 75.0 cm³/mol. The molecule has 0 fully saturated rings. The third kappa shape index (κ3) is 2.72. The topological polar surface area (TPSA) is 9.23 Å². The van der Waals surface area contributed by atoms with E-state index in [9.17, 15) is 4.39 Å². The predicted octanol–water partition coefficient (Wildman–Crippen LogP) is 4.65. The number of halogens is 2. The fourth-order valence-electron chi connectivity index (χ4n) is 1.87. The average molecular weight is 309 g/mol. The van der Waals surface area contributed by atoms with Crippen molar-refractivity contribution in [1.82, 2.24) is 0 Å². The Hall–Kier alpha value is -1.35. The summed E-state index contributed by atoms with van der Waals surface area (Å²) in [4.78, 5) is -0.00430. The fourth-order valence-corrected chi connectivity index (χ4v) is 2.63. The molecule has 1 atom stereocenters. The van der Waals surface area contributed by atoms with Gasteiger partial charge in [0.15, 0.2) is 0 Å². The second-order valence-electron chi connectivity index (χ2n) is 3.97. The van der Waals surface area contributed by atoms with E-state index in [0.717, 1.165) is 11.1 Å². The molecule has 0 saturated heterocycles. The Kier molecular flexibility index (Phi) is 4.37. The molecule has 0 N–H and O–H groups in total. The molecular weight excluding hydrogens is 295 g/mol.